The first-order valence-corrected chi connectivity index (χ1v) is 10.3. The summed E-state index contributed by atoms with van der Waals surface area (Å²) in [7, 11) is 3.19. The van der Waals surface area contributed by atoms with Gasteiger partial charge in [-0.25, -0.2) is 4.98 Å². The quantitative estimate of drug-likeness (QED) is 0.740. The Hall–Kier alpha value is -2.48. The third-order valence-corrected chi connectivity index (χ3v) is 6.37. The van der Waals surface area contributed by atoms with Crippen molar-refractivity contribution in [2.45, 2.75) is 30.7 Å². The van der Waals surface area contributed by atoms with Gasteiger partial charge in [0.1, 0.15) is 11.9 Å². The number of aromatic nitrogens is 2. The van der Waals surface area contributed by atoms with Gasteiger partial charge in [-0.3, -0.25) is 14.2 Å². The van der Waals surface area contributed by atoms with Gasteiger partial charge in [0.2, 0.25) is 5.91 Å². The first kappa shape index (κ1) is 18.9. The van der Waals surface area contributed by atoms with Crippen LogP contribution in [0.2, 0.25) is 0 Å². The fraction of sp³-hybridized carbons (Fsp3) is 0.450. The lowest BCUT2D eigenvalue weighted by Crippen LogP contribution is -2.36. The van der Waals surface area contributed by atoms with E-state index in [2.05, 4.69) is 4.98 Å². The minimum absolute atomic E-state index is 0.00112. The average Bonchev–Trinajstić information content (AvgIpc) is 3.45. The number of amides is 1. The van der Waals surface area contributed by atoms with Crippen molar-refractivity contribution >= 4 is 17.7 Å². The largest absolute Gasteiger partial charge is 0.493 e. The molecule has 1 saturated heterocycles. The first-order chi connectivity index (χ1) is 13.6. The van der Waals surface area contributed by atoms with Gasteiger partial charge in [-0.05, 0) is 30.5 Å². The zero-order valence-electron chi connectivity index (χ0n) is 16.0. The molecule has 0 N–H and O–H groups in total. The summed E-state index contributed by atoms with van der Waals surface area (Å²) in [6.45, 7) is 0.645. The predicted octanol–water partition coefficient (Wildman–Crippen LogP) is 2.41. The maximum atomic E-state index is 12.9. The molecule has 148 valence electrons. The van der Waals surface area contributed by atoms with Crippen LogP contribution in [0.5, 0.6) is 11.5 Å². The van der Waals surface area contributed by atoms with Crippen LogP contribution in [-0.2, 0) is 11.3 Å². The molecule has 0 spiro atoms. The van der Waals surface area contributed by atoms with Crippen LogP contribution in [0, 0.1) is 0 Å². The van der Waals surface area contributed by atoms with Crippen molar-refractivity contribution in [2.24, 2.45) is 0 Å². The van der Waals surface area contributed by atoms with Gasteiger partial charge < -0.3 is 14.4 Å². The highest BCUT2D eigenvalue weighted by Crippen LogP contribution is 2.41. The van der Waals surface area contributed by atoms with Crippen molar-refractivity contribution in [2.75, 3.05) is 26.5 Å². The molecule has 1 aliphatic heterocycles. The molecule has 0 radical (unpaired) electrons. The number of rotatable bonds is 6. The smallest absolute Gasteiger partial charge is 0.254 e. The molecule has 1 aromatic carbocycles. The van der Waals surface area contributed by atoms with Crippen LogP contribution in [0.1, 0.15) is 35.4 Å². The fourth-order valence-corrected chi connectivity index (χ4v) is 4.67. The number of methoxy groups -OCH3 is 2. The van der Waals surface area contributed by atoms with E-state index in [9.17, 15) is 9.59 Å². The Morgan fingerprint density at radius 1 is 1.21 bits per heavy atom. The van der Waals surface area contributed by atoms with E-state index in [1.54, 1.807) is 32.0 Å². The molecule has 1 amide bonds. The number of hydrogen-bond donors (Lipinski definition) is 0. The SMILES string of the molecule is COc1ccc(C2SCCN2C(=O)Cn2cnc(C3CC3)cc2=O)cc1OC. The number of benzene rings is 1. The van der Waals surface area contributed by atoms with Crippen molar-refractivity contribution in [3.8, 4) is 11.5 Å². The minimum Gasteiger partial charge on any atom is -0.493 e. The van der Waals surface area contributed by atoms with Crippen LogP contribution in [-0.4, -0.2) is 46.9 Å². The summed E-state index contributed by atoms with van der Waals surface area (Å²) in [6.07, 6.45) is 3.68. The van der Waals surface area contributed by atoms with Gasteiger partial charge >= 0.3 is 0 Å². The second kappa shape index (κ2) is 7.87. The van der Waals surface area contributed by atoms with Crippen molar-refractivity contribution in [3.63, 3.8) is 0 Å². The first-order valence-electron chi connectivity index (χ1n) is 9.30. The summed E-state index contributed by atoms with van der Waals surface area (Å²) in [5.41, 5.74) is 1.65. The van der Waals surface area contributed by atoms with E-state index in [0.29, 0.717) is 24.0 Å². The Labute approximate surface area is 167 Å². The molecular weight excluding hydrogens is 378 g/mol. The van der Waals surface area contributed by atoms with Crippen LogP contribution in [0.15, 0.2) is 35.4 Å². The lowest BCUT2D eigenvalue weighted by molar-refractivity contribution is -0.132. The van der Waals surface area contributed by atoms with E-state index in [4.69, 9.17) is 9.47 Å². The van der Waals surface area contributed by atoms with E-state index in [1.165, 1.54) is 10.9 Å². The second-order valence-electron chi connectivity index (χ2n) is 6.98. The lowest BCUT2D eigenvalue weighted by atomic mass is 10.1. The highest BCUT2D eigenvalue weighted by Gasteiger charge is 2.31. The molecule has 4 rings (SSSR count). The summed E-state index contributed by atoms with van der Waals surface area (Å²) in [6, 6.07) is 7.26. The van der Waals surface area contributed by atoms with Gasteiger partial charge in [0, 0.05) is 24.3 Å². The van der Waals surface area contributed by atoms with Crippen LogP contribution < -0.4 is 15.0 Å². The maximum Gasteiger partial charge on any atom is 0.254 e. The molecule has 8 heteroatoms. The Kier molecular flexibility index (Phi) is 5.30. The molecule has 1 saturated carbocycles. The van der Waals surface area contributed by atoms with Crippen LogP contribution >= 0.6 is 11.8 Å². The summed E-state index contributed by atoms with van der Waals surface area (Å²) in [5.74, 6) is 2.46. The Morgan fingerprint density at radius 2 is 2.00 bits per heavy atom. The standard InChI is InChI=1S/C20H23N3O4S/c1-26-16-6-5-14(9-17(16)27-2)20-23(7-8-28-20)19(25)11-22-12-21-15(10-18(22)24)13-3-4-13/h5-6,9-10,12-13,20H,3-4,7-8,11H2,1-2H3. The number of thioether (sulfide) groups is 1. The number of carbonyl (C=O) groups is 1. The molecule has 1 aromatic heterocycles. The number of hydrogen-bond acceptors (Lipinski definition) is 6. The van der Waals surface area contributed by atoms with Crippen molar-refractivity contribution in [1.82, 2.24) is 14.5 Å². The summed E-state index contributed by atoms with van der Waals surface area (Å²) < 4.78 is 12.1. The van der Waals surface area contributed by atoms with Gasteiger partial charge in [-0.2, -0.15) is 0 Å². The third kappa shape index (κ3) is 3.73. The van der Waals surface area contributed by atoms with Crippen LogP contribution in [0.3, 0.4) is 0 Å². The van der Waals surface area contributed by atoms with Gasteiger partial charge in [0.25, 0.3) is 5.56 Å². The van der Waals surface area contributed by atoms with Gasteiger partial charge in [0.05, 0.1) is 26.2 Å². The van der Waals surface area contributed by atoms with Crippen molar-refractivity contribution in [1.29, 1.82) is 0 Å². The monoisotopic (exact) mass is 401 g/mol. The van der Waals surface area contributed by atoms with E-state index < -0.39 is 0 Å². The van der Waals surface area contributed by atoms with E-state index in [0.717, 1.165) is 29.9 Å². The summed E-state index contributed by atoms with van der Waals surface area (Å²) in [4.78, 5) is 31.4. The van der Waals surface area contributed by atoms with Crippen molar-refractivity contribution < 1.29 is 14.3 Å². The molecular formula is C20H23N3O4S. The number of carbonyl (C=O) groups excluding carboxylic acids is 1. The highest BCUT2D eigenvalue weighted by atomic mass is 32.2. The predicted molar refractivity (Wildman–Crippen MR) is 107 cm³/mol. The number of ether oxygens (including phenoxy) is 2. The highest BCUT2D eigenvalue weighted by molar-refractivity contribution is 7.99. The van der Waals surface area contributed by atoms with E-state index in [-0.39, 0.29) is 23.4 Å². The average molecular weight is 401 g/mol. The lowest BCUT2D eigenvalue weighted by Gasteiger charge is -2.25. The Bertz CT molecular complexity index is 941. The summed E-state index contributed by atoms with van der Waals surface area (Å²) >= 11 is 1.70. The van der Waals surface area contributed by atoms with Gasteiger partial charge in [0.15, 0.2) is 11.5 Å². The Balaban J connectivity index is 1.51. The molecule has 1 aliphatic carbocycles. The molecule has 0 bridgehead atoms. The maximum absolute atomic E-state index is 12.9. The molecule has 2 heterocycles. The molecule has 2 aromatic rings. The van der Waals surface area contributed by atoms with Crippen LogP contribution in [0.25, 0.3) is 0 Å². The fourth-order valence-electron chi connectivity index (χ4n) is 3.41. The summed E-state index contributed by atoms with van der Waals surface area (Å²) in [5, 5.41) is -0.110. The van der Waals surface area contributed by atoms with E-state index >= 15 is 0 Å². The topological polar surface area (TPSA) is 73.7 Å². The van der Waals surface area contributed by atoms with Crippen LogP contribution in [0.4, 0.5) is 0 Å². The minimum atomic E-state index is -0.167. The zero-order valence-corrected chi connectivity index (χ0v) is 16.8. The van der Waals surface area contributed by atoms with E-state index in [1.807, 2.05) is 23.1 Å². The zero-order chi connectivity index (χ0) is 19.7. The third-order valence-electron chi connectivity index (χ3n) is 5.11. The number of nitrogens with zero attached hydrogens (tertiary/aromatic N) is 3. The normalized spacial score (nSPS) is 18.9. The second-order valence-corrected chi connectivity index (χ2v) is 8.17. The van der Waals surface area contributed by atoms with Gasteiger partial charge in [-0.1, -0.05) is 6.07 Å². The van der Waals surface area contributed by atoms with Gasteiger partial charge in [-0.15, -0.1) is 11.8 Å². The molecule has 2 aliphatic rings. The molecule has 28 heavy (non-hydrogen) atoms. The van der Waals surface area contributed by atoms with Crippen molar-refractivity contribution in [3.05, 3.63) is 52.2 Å². The molecule has 1 unspecified atom stereocenters. The molecule has 1 atom stereocenters. The Morgan fingerprint density at radius 3 is 2.68 bits per heavy atom. The molecule has 7 nitrogen and oxygen atoms in total. The molecule has 2 fully saturated rings.